The topological polar surface area (TPSA) is 348 Å². The van der Waals surface area contributed by atoms with Gasteiger partial charge in [-0.15, -0.1) is 0 Å². The first-order chi connectivity index (χ1) is 21.3. The predicted molar refractivity (Wildman–Crippen MR) is 134 cm³/mol. The van der Waals surface area contributed by atoms with E-state index in [1.54, 1.807) is 0 Å². The van der Waals surface area contributed by atoms with Crippen molar-refractivity contribution in [2.45, 2.75) is 123 Å². The third kappa shape index (κ3) is 7.44. The fourth-order valence-electron chi connectivity index (χ4n) is 5.55. The number of aliphatic hydroxyl groups excluding tert-OH is 14. The van der Waals surface area contributed by atoms with Gasteiger partial charge in [0, 0.05) is 0 Å². The van der Waals surface area contributed by atoms with Gasteiger partial charge in [0.25, 0.3) is 0 Å². The van der Waals surface area contributed by atoms with Gasteiger partial charge in [-0.25, -0.2) is 0 Å². The van der Waals surface area contributed by atoms with E-state index in [4.69, 9.17) is 33.2 Å². The molecule has 45 heavy (non-hydrogen) atoms. The highest BCUT2D eigenvalue weighted by molar-refractivity contribution is 4.97. The van der Waals surface area contributed by atoms with Crippen LogP contribution in [0, 0.1) is 0 Å². The number of hydrogen-bond acceptors (Lipinski definition) is 21. The van der Waals surface area contributed by atoms with Crippen LogP contribution >= 0.6 is 0 Å². The summed E-state index contributed by atoms with van der Waals surface area (Å²) in [6, 6.07) is 0. The maximum absolute atomic E-state index is 10.9. The Hall–Kier alpha value is -0.840. The van der Waals surface area contributed by atoms with Crippen LogP contribution in [0.15, 0.2) is 0 Å². The van der Waals surface area contributed by atoms with Crippen molar-refractivity contribution in [3.63, 3.8) is 0 Å². The van der Waals surface area contributed by atoms with Crippen LogP contribution < -0.4 is 0 Å². The van der Waals surface area contributed by atoms with Gasteiger partial charge in [0.05, 0.1) is 26.4 Å². The molecule has 20 atom stereocenters. The van der Waals surface area contributed by atoms with Gasteiger partial charge in [0.1, 0.15) is 97.7 Å². The number of aliphatic hydroxyl groups is 14. The van der Waals surface area contributed by atoms with Crippen LogP contribution in [-0.2, 0) is 33.2 Å². The summed E-state index contributed by atoms with van der Waals surface area (Å²) >= 11 is 0. The monoisotopic (exact) mass is 666 g/mol. The van der Waals surface area contributed by atoms with Crippen molar-refractivity contribution < 1.29 is 105 Å². The second-order valence-electron chi connectivity index (χ2n) is 11.1. The summed E-state index contributed by atoms with van der Waals surface area (Å²) in [5.41, 5.74) is 0. The average molecular weight is 667 g/mol. The zero-order valence-corrected chi connectivity index (χ0v) is 23.5. The Labute approximate surface area is 254 Å². The number of rotatable bonds is 10. The zero-order valence-electron chi connectivity index (χ0n) is 23.5. The molecular formula is C24H42O21. The van der Waals surface area contributed by atoms with Crippen molar-refractivity contribution in [2.24, 2.45) is 0 Å². The summed E-state index contributed by atoms with van der Waals surface area (Å²) < 4.78 is 37.7. The molecule has 21 nitrogen and oxygen atoms in total. The minimum absolute atomic E-state index is 0.784. The third-order valence-corrected chi connectivity index (χ3v) is 8.20. The lowest BCUT2D eigenvalue weighted by Gasteiger charge is -2.49. The summed E-state index contributed by atoms with van der Waals surface area (Å²) in [5.74, 6) is 0. The second-order valence-corrected chi connectivity index (χ2v) is 11.1. The molecule has 0 aromatic heterocycles. The predicted octanol–water partition coefficient (Wildman–Crippen LogP) is -9.75. The van der Waals surface area contributed by atoms with Gasteiger partial charge in [-0.05, 0) is 0 Å². The van der Waals surface area contributed by atoms with Crippen LogP contribution in [0.3, 0.4) is 0 Å². The maximum Gasteiger partial charge on any atom is 0.187 e. The molecule has 0 spiro atoms. The number of ether oxygens (including phenoxy) is 7. The van der Waals surface area contributed by atoms with E-state index >= 15 is 0 Å². The summed E-state index contributed by atoms with van der Waals surface area (Å²) in [6.07, 6.45) is -35.3. The van der Waals surface area contributed by atoms with Crippen molar-refractivity contribution in [1.29, 1.82) is 0 Å². The lowest BCUT2D eigenvalue weighted by molar-refractivity contribution is -0.387. The molecule has 264 valence electrons. The SMILES string of the molecule is OC[C@H]1O[C@@H](O[C@H]2[C@H](O)[C@@H](O)[C@H](O[C@H]3[C@H](O)[C@@H](O)[C@H](O[C@H]4[C@H](O)[C@@H](O)[C@H](O)O[C@@H]4CO)O[C@@H]3CO)O[C@@H]2CO)[C@H](O)[C@@H](O)[C@@H]1O. The number of hydrogen-bond donors (Lipinski definition) is 14. The molecule has 4 aliphatic heterocycles. The highest BCUT2D eigenvalue weighted by Gasteiger charge is 2.55. The molecule has 21 heteroatoms. The molecule has 0 saturated carbocycles. The minimum Gasteiger partial charge on any atom is -0.394 e. The Morgan fingerprint density at radius 1 is 0.333 bits per heavy atom. The van der Waals surface area contributed by atoms with Crippen molar-refractivity contribution in [1.82, 2.24) is 0 Å². The lowest BCUT2D eigenvalue weighted by atomic mass is 9.95. The first kappa shape index (κ1) is 37.0. The first-order valence-corrected chi connectivity index (χ1v) is 14.1. The van der Waals surface area contributed by atoms with E-state index in [0.717, 1.165) is 0 Å². The van der Waals surface area contributed by atoms with Gasteiger partial charge in [-0.2, -0.15) is 0 Å². The van der Waals surface area contributed by atoms with E-state index in [2.05, 4.69) is 0 Å². The zero-order chi connectivity index (χ0) is 33.3. The Kier molecular flexibility index (Phi) is 12.8. The second kappa shape index (κ2) is 15.6. The molecule has 4 fully saturated rings. The molecule has 0 amide bonds. The molecule has 0 bridgehead atoms. The largest absolute Gasteiger partial charge is 0.394 e. The fraction of sp³-hybridized carbons (Fsp3) is 1.00. The molecular weight excluding hydrogens is 624 g/mol. The van der Waals surface area contributed by atoms with Crippen LogP contribution in [0.4, 0.5) is 0 Å². The van der Waals surface area contributed by atoms with Gasteiger partial charge in [-0.3, -0.25) is 0 Å². The van der Waals surface area contributed by atoms with Gasteiger partial charge in [-0.1, -0.05) is 0 Å². The Morgan fingerprint density at radius 3 is 1.02 bits per heavy atom. The fourth-order valence-corrected chi connectivity index (χ4v) is 5.55. The Balaban J connectivity index is 1.43. The lowest BCUT2D eigenvalue weighted by Crippen LogP contribution is -2.67. The summed E-state index contributed by atoms with van der Waals surface area (Å²) in [7, 11) is 0. The van der Waals surface area contributed by atoms with Crippen LogP contribution in [0.5, 0.6) is 0 Å². The van der Waals surface area contributed by atoms with Gasteiger partial charge in [0.2, 0.25) is 0 Å². The van der Waals surface area contributed by atoms with Gasteiger partial charge >= 0.3 is 0 Å². The molecule has 0 aromatic rings. The molecule has 0 aromatic carbocycles. The van der Waals surface area contributed by atoms with Crippen LogP contribution in [0.2, 0.25) is 0 Å². The van der Waals surface area contributed by atoms with Gasteiger partial charge < -0.3 is 105 Å². The van der Waals surface area contributed by atoms with Gasteiger partial charge in [0.15, 0.2) is 25.2 Å². The van der Waals surface area contributed by atoms with Crippen molar-refractivity contribution in [3.05, 3.63) is 0 Å². The minimum atomic E-state index is -2.02. The summed E-state index contributed by atoms with van der Waals surface area (Å²) in [5, 5.41) is 142. The highest BCUT2D eigenvalue weighted by Crippen LogP contribution is 2.34. The van der Waals surface area contributed by atoms with Crippen LogP contribution in [0.1, 0.15) is 0 Å². The highest BCUT2D eigenvalue weighted by atomic mass is 16.8. The van der Waals surface area contributed by atoms with E-state index in [-0.39, 0.29) is 0 Å². The third-order valence-electron chi connectivity index (χ3n) is 8.20. The Bertz CT molecular complexity index is 910. The van der Waals surface area contributed by atoms with Crippen molar-refractivity contribution in [3.8, 4) is 0 Å². The molecule has 4 aliphatic rings. The molecule has 4 rings (SSSR count). The quantitative estimate of drug-likeness (QED) is 0.103. The standard InChI is InChI=1S/C24H42O21/c25-1-5-9(29)10(30)15(35)22(40-5)44-19-7(3-27)42-24(17(37)12(19)32)45-20-8(4-28)41-23(16(36)13(20)33)43-18-6(2-26)39-21(38)14(34)11(18)31/h5-38H,1-4H2/t5-,6-,7-,8-,9-,10+,11-,12-,13-,14-,15-,16-,17-,18-,19-,20-,21-,22+,23+,24+/m1/s1. The molecule has 0 aliphatic carbocycles. The van der Waals surface area contributed by atoms with E-state index in [0.29, 0.717) is 0 Å². The van der Waals surface area contributed by atoms with E-state index < -0.39 is 149 Å². The summed E-state index contributed by atoms with van der Waals surface area (Å²) in [4.78, 5) is 0. The van der Waals surface area contributed by atoms with Crippen LogP contribution in [0.25, 0.3) is 0 Å². The average Bonchev–Trinajstić information content (AvgIpc) is 3.03. The normalized spacial score (nSPS) is 52.9. The molecule has 4 heterocycles. The van der Waals surface area contributed by atoms with E-state index in [1.807, 2.05) is 0 Å². The van der Waals surface area contributed by atoms with Crippen molar-refractivity contribution in [2.75, 3.05) is 26.4 Å². The van der Waals surface area contributed by atoms with Crippen molar-refractivity contribution >= 4 is 0 Å². The Morgan fingerprint density at radius 2 is 0.644 bits per heavy atom. The van der Waals surface area contributed by atoms with E-state index in [1.165, 1.54) is 0 Å². The molecule has 0 unspecified atom stereocenters. The van der Waals surface area contributed by atoms with Crippen LogP contribution in [-0.4, -0.2) is 221 Å². The maximum atomic E-state index is 10.9. The molecule has 0 radical (unpaired) electrons. The smallest absolute Gasteiger partial charge is 0.187 e. The molecule has 14 N–H and O–H groups in total. The molecule has 4 saturated heterocycles. The van der Waals surface area contributed by atoms with E-state index in [9.17, 15) is 71.5 Å². The summed E-state index contributed by atoms with van der Waals surface area (Å²) in [6.45, 7) is -3.39. The first-order valence-electron chi connectivity index (χ1n) is 14.1.